The standard InChI is InChI=1S/C18H26N2O3.C2HF3O2/c1-14(2)9-17(21)20-12-18(13-20)16(5-8-23-18)11-22-10-15-3-6-19-7-4-15;3-2(4,5)1(6)7/h3-4,6-7,14,16H,5,8-13H2,1-2H3;(H,6,7). The number of ether oxygens (including phenoxy) is 2. The molecule has 0 aliphatic carbocycles. The number of aliphatic carboxylic acids is 1. The van der Waals surface area contributed by atoms with E-state index in [-0.39, 0.29) is 11.5 Å². The summed E-state index contributed by atoms with van der Waals surface area (Å²) in [6.07, 6.45) is 0.119. The number of halogens is 3. The number of likely N-dealkylation sites (tertiary alicyclic amines) is 1. The van der Waals surface area contributed by atoms with Crippen molar-refractivity contribution in [3.63, 3.8) is 0 Å². The third kappa shape index (κ3) is 6.66. The summed E-state index contributed by atoms with van der Waals surface area (Å²) in [5.41, 5.74) is 0.973. The average molecular weight is 432 g/mol. The van der Waals surface area contributed by atoms with E-state index < -0.39 is 12.1 Å². The van der Waals surface area contributed by atoms with Crippen LogP contribution in [0.25, 0.3) is 0 Å². The van der Waals surface area contributed by atoms with Crippen molar-refractivity contribution < 1.29 is 37.3 Å². The second-order valence-electron chi connectivity index (χ2n) is 7.92. The summed E-state index contributed by atoms with van der Waals surface area (Å²) >= 11 is 0. The first-order chi connectivity index (χ1) is 14.0. The predicted molar refractivity (Wildman–Crippen MR) is 100 cm³/mol. The van der Waals surface area contributed by atoms with Crippen LogP contribution < -0.4 is 0 Å². The molecule has 0 aromatic carbocycles. The molecule has 168 valence electrons. The summed E-state index contributed by atoms with van der Waals surface area (Å²) in [4.78, 5) is 27.0. The van der Waals surface area contributed by atoms with Crippen molar-refractivity contribution >= 4 is 11.9 Å². The molecule has 2 aliphatic rings. The molecule has 1 aromatic rings. The summed E-state index contributed by atoms with van der Waals surface area (Å²) in [6, 6.07) is 3.94. The van der Waals surface area contributed by atoms with Gasteiger partial charge in [-0.1, -0.05) is 13.8 Å². The fourth-order valence-electron chi connectivity index (χ4n) is 3.42. The molecule has 1 atom stereocenters. The molecule has 1 aromatic heterocycles. The molecule has 0 saturated carbocycles. The highest BCUT2D eigenvalue weighted by molar-refractivity contribution is 5.77. The lowest BCUT2D eigenvalue weighted by atomic mass is 9.81. The minimum absolute atomic E-state index is 0.162. The number of carbonyl (C=O) groups excluding carboxylic acids is 1. The highest BCUT2D eigenvalue weighted by atomic mass is 19.4. The number of nitrogens with zero attached hydrogens (tertiary/aromatic N) is 2. The van der Waals surface area contributed by atoms with Gasteiger partial charge in [0.05, 0.1) is 26.3 Å². The van der Waals surface area contributed by atoms with E-state index >= 15 is 0 Å². The van der Waals surface area contributed by atoms with Gasteiger partial charge in [-0.2, -0.15) is 13.2 Å². The number of carbonyl (C=O) groups is 2. The zero-order chi connectivity index (χ0) is 22.4. The van der Waals surface area contributed by atoms with Gasteiger partial charge in [-0.05, 0) is 30.0 Å². The van der Waals surface area contributed by atoms with Gasteiger partial charge in [-0.3, -0.25) is 9.78 Å². The van der Waals surface area contributed by atoms with Crippen LogP contribution in [0.2, 0.25) is 0 Å². The number of alkyl halides is 3. The number of rotatable bonds is 6. The van der Waals surface area contributed by atoms with Gasteiger partial charge in [0.1, 0.15) is 5.60 Å². The van der Waals surface area contributed by atoms with Crippen LogP contribution in [0.1, 0.15) is 32.3 Å². The molecule has 3 rings (SSSR count). The number of aromatic nitrogens is 1. The van der Waals surface area contributed by atoms with Crippen LogP contribution in [-0.2, 0) is 25.7 Å². The zero-order valence-electron chi connectivity index (χ0n) is 17.0. The van der Waals surface area contributed by atoms with E-state index in [2.05, 4.69) is 18.8 Å². The van der Waals surface area contributed by atoms with Crippen LogP contribution in [0, 0.1) is 11.8 Å². The highest BCUT2D eigenvalue weighted by Crippen LogP contribution is 2.40. The van der Waals surface area contributed by atoms with Crippen molar-refractivity contribution in [2.75, 3.05) is 26.3 Å². The Balaban J connectivity index is 0.000000396. The van der Waals surface area contributed by atoms with Crippen LogP contribution in [0.4, 0.5) is 13.2 Å². The lowest BCUT2D eigenvalue weighted by Gasteiger charge is -2.50. The number of carboxylic acids is 1. The largest absolute Gasteiger partial charge is 0.490 e. The van der Waals surface area contributed by atoms with Gasteiger partial charge in [0.15, 0.2) is 0 Å². The lowest BCUT2D eigenvalue weighted by Crippen LogP contribution is -2.66. The molecular weight excluding hydrogens is 405 g/mol. The molecular formula is C20H27F3N2O5. The average Bonchev–Trinajstić information content (AvgIpc) is 3.04. The van der Waals surface area contributed by atoms with Crippen LogP contribution in [-0.4, -0.2) is 64.9 Å². The van der Waals surface area contributed by atoms with Crippen LogP contribution in [0.3, 0.4) is 0 Å². The number of amides is 1. The number of hydrogen-bond donors (Lipinski definition) is 1. The first-order valence-electron chi connectivity index (χ1n) is 9.72. The highest BCUT2D eigenvalue weighted by Gasteiger charge is 2.54. The Morgan fingerprint density at radius 1 is 1.33 bits per heavy atom. The summed E-state index contributed by atoms with van der Waals surface area (Å²) in [6.45, 7) is 7.67. The maximum atomic E-state index is 12.1. The minimum Gasteiger partial charge on any atom is -0.475 e. The van der Waals surface area contributed by atoms with E-state index in [4.69, 9.17) is 19.4 Å². The maximum Gasteiger partial charge on any atom is 0.490 e. The van der Waals surface area contributed by atoms with Crippen molar-refractivity contribution in [2.24, 2.45) is 11.8 Å². The fraction of sp³-hybridized carbons (Fsp3) is 0.650. The molecule has 0 radical (unpaired) electrons. The van der Waals surface area contributed by atoms with Crippen LogP contribution >= 0.6 is 0 Å². The molecule has 0 bridgehead atoms. The molecule has 7 nitrogen and oxygen atoms in total. The monoisotopic (exact) mass is 432 g/mol. The zero-order valence-corrected chi connectivity index (χ0v) is 17.0. The number of pyridine rings is 1. The maximum absolute atomic E-state index is 12.1. The Morgan fingerprint density at radius 3 is 2.47 bits per heavy atom. The third-order valence-corrected chi connectivity index (χ3v) is 5.03. The SMILES string of the molecule is CC(C)CC(=O)N1CC2(C1)OCCC2COCc1ccncc1.O=C(O)C(F)(F)F. The van der Waals surface area contributed by atoms with E-state index in [1.54, 1.807) is 12.4 Å². The lowest BCUT2D eigenvalue weighted by molar-refractivity contribution is -0.192. The molecule has 2 saturated heterocycles. The second-order valence-corrected chi connectivity index (χ2v) is 7.92. The van der Waals surface area contributed by atoms with Crippen molar-refractivity contribution in [3.8, 4) is 0 Å². The molecule has 1 N–H and O–H groups in total. The Hall–Kier alpha value is -2.20. The van der Waals surface area contributed by atoms with Gasteiger partial charge in [0.2, 0.25) is 5.91 Å². The summed E-state index contributed by atoms with van der Waals surface area (Å²) < 4.78 is 43.6. The smallest absolute Gasteiger partial charge is 0.475 e. The summed E-state index contributed by atoms with van der Waals surface area (Å²) in [5, 5.41) is 7.12. The van der Waals surface area contributed by atoms with Crippen molar-refractivity contribution in [1.82, 2.24) is 9.88 Å². The predicted octanol–water partition coefficient (Wildman–Crippen LogP) is 2.90. The summed E-state index contributed by atoms with van der Waals surface area (Å²) in [5.74, 6) is -1.72. The molecule has 2 aliphatic heterocycles. The first-order valence-corrected chi connectivity index (χ1v) is 9.72. The van der Waals surface area contributed by atoms with Gasteiger partial charge >= 0.3 is 12.1 Å². The molecule has 1 unspecified atom stereocenters. The van der Waals surface area contributed by atoms with E-state index in [0.29, 0.717) is 31.5 Å². The quantitative estimate of drug-likeness (QED) is 0.744. The van der Waals surface area contributed by atoms with Gasteiger partial charge in [0, 0.05) is 31.3 Å². The van der Waals surface area contributed by atoms with E-state index in [1.807, 2.05) is 17.0 Å². The third-order valence-electron chi connectivity index (χ3n) is 5.03. The van der Waals surface area contributed by atoms with E-state index in [0.717, 1.165) is 31.7 Å². The molecule has 2 fully saturated rings. The van der Waals surface area contributed by atoms with E-state index in [9.17, 15) is 18.0 Å². The Bertz CT molecular complexity index is 706. The van der Waals surface area contributed by atoms with Crippen molar-refractivity contribution in [1.29, 1.82) is 0 Å². The second kappa shape index (κ2) is 10.2. The van der Waals surface area contributed by atoms with Crippen molar-refractivity contribution in [2.45, 2.75) is 45.1 Å². The minimum atomic E-state index is -5.08. The normalized spacial score (nSPS) is 19.9. The Morgan fingerprint density at radius 2 is 1.93 bits per heavy atom. The van der Waals surface area contributed by atoms with Gasteiger partial charge in [-0.25, -0.2) is 4.79 Å². The fourth-order valence-corrected chi connectivity index (χ4v) is 3.42. The molecule has 3 heterocycles. The molecule has 1 amide bonds. The number of carboxylic acid groups (broad SMARTS) is 1. The van der Waals surface area contributed by atoms with Gasteiger partial charge in [-0.15, -0.1) is 0 Å². The summed E-state index contributed by atoms with van der Waals surface area (Å²) in [7, 11) is 0. The molecule has 30 heavy (non-hydrogen) atoms. The first kappa shape index (κ1) is 24.1. The van der Waals surface area contributed by atoms with E-state index in [1.165, 1.54) is 0 Å². The van der Waals surface area contributed by atoms with Gasteiger partial charge < -0.3 is 19.5 Å². The Kier molecular flexibility index (Phi) is 8.19. The van der Waals surface area contributed by atoms with Gasteiger partial charge in [0.25, 0.3) is 0 Å². The van der Waals surface area contributed by atoms with Crippen molar-refractivity contribution in [3.05, 3.63) is 30.1 Å². The molecule has 1 spiro atoms. The molecule has 10 heteroatoms. The van der Waals surface area contributed by atoms with Crippen LogP contribution in [0.15, 0.2) is 24.5 Å². The topological polar surface area (TPSA) is 89.0 Å². The van der Waals surface area contributed by atoms with Crippen LogP contribution in [0.5, 0.6) is 0 Å². The Labute approximate surface area is 173 Å². The number of hydrogen-bond acceptors (Lipinski definition) is 5.